The lowest BCUT2D eigenvalue weighted by molar-refractivity contribution is -0.0449. The molecule has 0 aromatic carbocycles. The first-order valence-corrected chi connectivity index (χ1v) is 14.6. The third-order valence-corrected chi connectivity index (χ3v) is 8.03. The number of phosphoric acid groups is 2. The summed E-state index contributed by atoms with van der Waals surface area (Å²) in [5.41, 5.74) is -1.24. The molecule has 2 heterocycles. The molecule has 1 fully saturated rings. The molecule has 0 saturated carbocycles. The van der Waals surface area contributed by atoms with E-state index in [4.69, 9.17) is 14.5 Å². The Morgan fingerprint density at radius 1 is 1.29 bits per heavy atom. The Labute approximate surface area is 159 Å². The smallest absolute Gasteiger partial charge is 0.390 e. The molecule has 5 N–H and O–H groups in total. The van der Waals surface area contributed by atoms with Gasteiger partial charge in [-0.3, -0.25) is 18.9 Å². The van der Waals surface area contributed by atoms with Crippen molar-refractivity contribution in [2.45, 2.75) is 44.5 Å². The summed E-state index contributed by atoms with van der Waals surface area (Å²) in [5, 5.41) is 10.5. The van der Waals surface area contributed by atoms with Gasteiger partial charge in [-0.05, 0) is 0 Å². The fraction of sp³-hybridized carbons (Fsp3) is 0.667. The highest BCUT2D eigenvalue weighted by atomic mass is 31.3. The minimum Gasteiger partial charge on any atom is -0.390 e. The fourth-order valence-electron chi connectivity index (χ4n) is 2.60. The van der Waals surface area contributed by atoms with Crippen molar-refractivity contribution >= 4 is 28.9 Å². The van der Waals surface area contributed by atoms with Crippen LogP contribution in [-0.4, -0.2) is 56.2 Å². The van der Waals surface area contributed by atoms with Gasteiger partial charge in [-0.2, -0.15) is 4.31 Å². The highest BCUT2D eigenvalue weighted by molar-refractivity contribution is 7.60. The van der Waals surface area contributed by atoms with E-state index < -0.39 is 60.0 Å². The molecule has 0 aliphatic carbocycles. The molecule has 13 nitrogen and oxygen atoms in total. The van der Waals surface area contributed by atoms with E-state index in [-0.39, 0.29) is 6.42 Å². The topological polar surface area (TPSA) is 198 Å². The zero-order chi connectivity index (χ0) is 21.5. The molecule has 0 spiro atoms. The Bertz CT molecular complexity index is 933. The van der Waals surface area contributed by atoms with E-state index in [2.05, 4.69) is 13.8 Å². The first kappa shape index (κ1) is 23.4. The van der Waals surface area contributed by atoms with E-state index in [0.29, 0.717) is 5.19 Å². The second kappa shape index (κ2) is 8.07. The molecule has 0 bridgehead atoms. The van der Waals surface area contributed by atoms with Crippen molar-refractivity contribution in [3.05, 3.63) is 27.0 Å². The number of H-pyrrole nitrogens is 1. The summed E-state index contributed by atoms with van der Waals surface area (Å²) in [4.78, 5) is 52.8. The molecule has 1 saturated heterocycles. The second-order valence-corrected chi connectivity index (χ2v) is 15.1. The van der Waals surface area contributed by atoms with Crippen molar-refractivity contribution < 1.29 is 42.5 Å². The Hall–Kier alpha value is -0.923. The number of aromatic nitrogens is 2. The lowest BCUT2D eigenvalue weighted by Gasteiger charge is -2.20. The zero-order valence-electron chi connectivity index (χ0n) is 15.2. The van der Waals surface area contributed by atoms with Crippen molar-refractivity contribution in [1.29, 1.82) is 0 Å². The van der Waals surface area contributed by atoms with Gasteiger partial charge in [0.2, 0.25) is 0 Å². The summed E-state index contributed by atoms with van der Waals surface area (Å²) >= 11 is 0. The number of hydrogen-bond acceptors (Lipinski definition) is 8. The molecule has 160 valence electrons. The van der Waals surface area contributed by atoms with Crippen molar-refractivity contribution in [3.63, 3.8) is 0 Å². The predicted molar refractivity (Wildman–Crippen MR) is 97.7 cm³/mol. The van der Waals surface area contributed by atoms with Crippen LogP contribution in [0.1, 0.15) is 12.6 Å². The number of ether oxygens (including phenoxy) is 1. The molecule has 1 aliphatic heterocycles. The molecule has 1 aromatic heterocycles. The maximum absolute atomic E-state index is 12.1. The molecule has 4 atom stereocenters. The number of rotatable bonds is 7. The number of aliphatic hydroxyl groups excluding tert-OH is 1. The molecule has 0 amide bonds. The molecular weight excluding hydrogens is 438 g/mol. The molecule has 1 aromatic rings. The van der Waals surface area contributed by atoms with Gasteiger partial charge in [-0.15, -0.1) is 0 Å². The van der Waals surface area contributed by atoms with Gasteiger partial charge in [0.1, 0.15) is 12.3 Å². The lowest BCUT2D eigenvalue weighted by atomic mass is 10.2. The number of aromatic amines is 1. The highest BCUT2D eigenvalue weighted by Crippen LogP contribution is 2.57. The zero-order valence-corrected chi connectivity index (χ0v) is 18.0. The minimum absolute atomic E-state index is 0.0831. The van der Waals surface area contributed by atoms with Crippen LogP contribution in [0, 0.1) is 0 Å². The van der Waals surface area contributed by atoms with Gasteiger partial charge in [-0.25, -0.2) is 13.9 Å². The molecule has 0 radical (unpaired) electrons. The van der Waals surface area contributed by atoms with Crippen LogP contribution in [0.25, 0.3) is 0 Å². The maximum Gasteiger partial charge on any atom is 0.481 e. The number of phosphoric ester groups is 1. The van der Waals surface area contributed by atoms with Gasteiger partial charge in [0.05, 0.1) is 20.8 Å². The monoisotopic (exact) mass is 460 g/mol. The molecule has 16 heteroatoms. The molecule has 28 heavy (non-hydrogen) atoms. The van der Waals surface area contributed by atoms with E-state index in [9.17, 15) is 28.7 Å². The summed E-state index contributed by atoms with van der Waals surface area (Å²) in [6.45, 7) is 5.00. The van der Waals surface area contributed by atoms with Gasteiger partial charge in [0.25, 0.3) is 5.56 Å². The summed E-state index contributed by atoms with van der Waals surface area (Å²) in [6, 6.07) is 0. The summed E-state index contributed by atoms with van der Waals surface area (Å²) in [7, 11) is -12.5. The Balaban J connectivity index is 2.16. The first-order valence-electron chi connectivity index (χ1n) is 8.03. The largest absolute Gasteiger partial charge is 0.481 e. The lowest BCUT2D eigenvalue weighted by Crippen LogP contribution is -2.52. The molecule has 2 rings (SSSR count). The number of nitrogens with zero attached hydrogens (tertiary/aromatic N) is 1. The van der Waals surface area contributed by atoms with E-state index in [1.807, 2.05) is 19.6 Å². The molecular formula is C12H22N2O11P2Si. The SMILES string of the molecule is C[Si](C)(C)c1cn([C@H]2C[C@H](O)[C@@H](COP(=O)(O)OP(=O)(O)O)O2)c(=O)[nH]c1=O. The summed E-state index contributed by atoms with van der Waals surface area (Å²) in [5.74, 6) is 0. The Morgan fingerprint density at radius 2 is 1.89 bits per heavy atom. The quantitative estimate of drug-likeness (QED) is 0.246. The standard InChI is InChI=1S/C12H22N2O11P2Si/c1-28(2,3)9-5-14(12(17)13-11(9)16)10-4-7(15)8(24-10)6-23-27(21,22)25-26(18,19)20/h5,7-8,10,15H,4,6H2,1-3H3,(H,21,22)(H,13,16,17)(H2,18,19,20)/t7-,8+,10+/m0/s1. The Morgan fingerprint density at radius 3 is 2.43 bits per heavy atom. The van der Waals surface area contributed by atoms with Crippen molar-refractivity contribution in [3.8, 4) is 0 Å². The van der Waals surface area contributed by atoms with Crippen molar-refractivity contribution in [2.75, 3.05) is 6.61 Å². The van der Waals surface area contributed by atoms with Crippen LogP contribution in [-0.2, 0) is 22.7 Å². The van der Waals surface area contributed by atoms with Gasteiger partial charge in [-0.1, -0.05) is 19.6 Å². The summed E-state index contributed by atoms with van der Waals surface area (Å²) in [6.07, 6.45) is -2.08. The van der Waals surface area contributed by atoms with Crippen molar-refractivity contribution in [1.82, 2.24) is 9.55 Å². The second-order valence-electron chi connectivity index (χ2n) is 7.23. The van der Waals surface area contributed by atoms with Gasteiger partial charge < -0.3 is 24.5 Å². The van der Waals surface area contributed by atoms with E-state index in [1.165, 1.54) is 6.20 Å². The normalized spacial score (nSPS) is 25.6. The van der Waals surface area contributed by atoms with E-state index >= 15 is 0 Å². The van der Waals surface area contributed by atoms with Crippen LogP contribution in [0.15, 0.2) is 15.8 Å². The molecule has 1 aliphatic rings. The minimum atomic E-state index is -5.27. The highest BCUT2D eigenvalue weighted by Gasteiger charge is 2.39. The first-order chi connectivity index (χ1) is 12.6. The van der Waals surface area contributed by atoms with Crippen LogP contribution in [0.5, 0.6) is 0 Å². The maximum atomic E-state index is 12.1. The van der Waals surface area contributed by atoms with Crippen LogP contribution in [0.4, 0.5) is 0 Å². The summed E-state index contributed by atoms with van der Waals surface area (Å²) < 4.78 is 36.8. The molecule has 1 unspecified atom stereocenters. The van der Waals surface area contributed by atoms with Crippen LogP contribution in [0.2, 0.25) is 19.6 Å². The van der Waals surface area contributed by atoms with Gasteiger partial charge in [0.15, 0.2) is 0 Å². The fourth-order valence-corrected chi connectivity index (χ4v) is 5.46. The van der Waals surface area contributed by atoms with Gasteiger partial charge in [0, 0.05) is 17.8 Å². The third-order valence-electron chi connectivity index (χ3n) is 3.90. The van der Waals surface area contributed by atoms with Crippen LogP contribution >= 0.6 is 15.6 Å². The van der Waals surface area contributed by atoms with Crippen LogP contribution < -0.4 is 16.4 Å². The average Bonchev–Trinajstić information content (AvgIpc) is 2.82. The third kappa shape index (κ3) is 6.04. The number of hydrogen-bond donors (Lipinski definition) is 5. The van der Waals surface area contributed by atoms with Crippen LogP contribution in [0.3, 0.4) is 0 Å². The number of aliphatic hydroxyl groups is 1. The van der Waals surface area contributed by atoms with Gasteiger partial charge >= 0.3 is 21.3 Å². The predicted octanol–water partition coefficient (Wildman–Crippen LogP) is -1.04. The number of nitrogens with one attached hydrogen (secondary N) is 1. The van der Waals surface area contributed by atoms with Crippen molar-refractivity contribution in [2.24, 2.45) is 0 Å². The van der Waals surface area contributed by atoms with E-state index in [1.54, 1.807) is 0 Å². The average molecular weight is 460 g/mol. The van der Waals surface area contributed by atoms with E-state index in [0.717, 1.165) is 4.57 Å². The Kier molecular flexibility index (Phi) is 6.73.